The molecule has 1 aromatic carbocycles. The van der Waals surface area contributed by atoms with Crippen molar-refractivity contribution in [2.24, 2.45) is 0 Å². The number of amides is 2. The summed E-state index contributed by atoms with van der Waals surface area (Å²) in [5.41, 5.74) is 1.15. The Morgan fingerprint density at radius 2 is 2.15 bits per heavy atom. The fourth-order valence-electron chi connectivity index (χ4n) is 1.90. The first kappa shape index (κ1) is 15.8. The summed E-state index contributed by atoms with van der Waals surface area (Å²) < 4.78 is 0. The number of nitrogens with zero attached hydrogens (tertiary/aromatic N) is 1. The van der Waals surface area contributed by atoms with Crippen LogP contribution < -0.4 is 5.32 Å². The minimum absolute atomic E-state index is 0.0911. The molecule has 0 heterocycles. The summed E-state index contributed by atoms with van der Waals surface area (Å²) in [6, 6.07) is 4.58. The van der Waals surface area contributed by atoms with Crippen LogP contribution in [-0.2, 0) is 0 Å². The van der Waals surface area contributed by atoms with Crippen LogP contribution in [0.25, 0.3) is 0 Å². The van der Waals surface area contributed by atoms with Crippen molar-refractivity contribution in [3.63, 3.8) is 0 Å². The predicted octanol–water partition coefficient (Wildman–Crippen LogP) is 3.12. The topological polar surface area (TPSA) is 69.6 Å². The molecule has 0 aromatic heterocycles. The van der Waals surface area contributed by atoms with E-state index in [-0.39, 0.29) is 11.6 Å². The summed E-state index contributed by atoms with van der Waals surface area (Å²) in [5.74, 6) is -1.06. The van der Waals surface area contributed by atoms with Crippen molar-refractivity contribution in [3.05, 3.63) is 42.0 Å². The molecule has 0 bridgehead atoms. The fraction of sp³-hybridized carbons (Fsp3) is 0.333. The summed E-state index contributed by atoms with van der Waals surface area (Å²) in [6.45, 7) is 8.37. The van der Waals surface area contributed by atoms with E-state index in [2.05, 4.69) is 11.9 Å². The molecule has 0 fully saturated rings. The number of benzene rings is 1. The lowest BCUT2D eigenvalue weighted by molar-refractivity contribution is 0.0698. The van der Waals surface area contributed by atoms with Gasteiger partial charge in [-0.05, 0) is 25.0 Å². The van der Waals surface area contributed by atoms with Gasteiger partial charge in [-0.2, -0.15) is 0 Å². The highest BCUT2D eigenvalue weighted by Gasteiger charge is 2.17. The number of para-hydroxylation sites is 1. The Hall–Kier alpha value is -2.30. The maximum absolute atomic E-state index is 12.2. The van der Waals surface area contributed by atoms with E-state index in [1.165, 1.54) is 6.07 Å². The van der Waals surface area contributed by atoms with Crippen LogP contribution in [0.3, 0.4) is 0 Å². The summed E-state index contributed by atoms with van der Waals surface area (Å²) in [4.78, 5) is 25.0. The number of nitrogens with one attached hydrogen (secondary N) is 1. The maximum Gasteiger partial charge on any atom is 0.337 e. The van der Waals surface area contributed by atoms with Gasteiger partial charge in [-0.3, -0.25) is 0 Å². The zero-order chi connectivity index (χ0) is 15.1. The number of aryl methyl sites for hydroxylation is 1. The van der Waals surface area contributed by atoms with Gasteiger partial charge in [0, 0.05) is 13.1 Å². The third kappa shape index (κ3) is 3.85. The highest BCUT2D eigenvalue weighted by atomic mass is 16.4. The highest BCUT2D eigenvalue weighted by Crippen LogP contribution is 2.21. The van der Waals surface area contributed by atoms with Crippen LogP contribution in [0.5, 0.6) is 0 Å². The molecular weight excluding hydrogens is 256 g/mol. The van der Waals surface area contributed by atoms with E-state index in [1.807, 2.05) is 6.92 Å². The number of urea groups is 1. The number of anilines is 1. The van der Waals surface area contributed by atoms with E-state index in [1.54, 1.807) is 30.0 Å². The molecule has 0 saturated heterocycles. The van der Waals surface area contributed by atoms with E-state index < -0.39 is 5.97 Å². The first-order valence-corrected chi connectivity index (χ1v) is 6.51. The Labute approximate surface area is 118 Å². The van der Waals surface area contributed by atoms with Gasteiger partial charge in [0.1, 0.15) is 0 Å². The Morgan fingerprint density at radius 1 is 1.45 bits per heavy atom. The molecule has 0 saturated carbocycles. The SMILES string of the molecule is C=CCN(CCC)C(=O)Nc1c(C)cccc1C(=O)O. The molecule has 0 aliphatic heterocycles. The molecule has 1 rings (SSSR count). The lowest BCUT2D eigenvalue weighted by Gasteiger charge is -2.22. The summed E-state index contributed by atoms with van der Waals surface area (Å²) in [7, 11) is 0. The fourth-order valence-corrected chi connectivity index (χ4v) is 1.90. The Kier molecular flexibility index (Phi) is 5.77. The maximum atomic E-state index is 12.2. The second kappa shape index (κ2) is 7.33. The van der Waals surface area contributed by atoms with Crippen molar-refractivity contribution >= 4 is 17.7 Å². The summed E-state index contributed by atoms with van der Waals surface area (Å²) in [6.07, 6.45) is 2.46. The predicted molar refractivity (Wildman–Crippen MR) is 79.2 cm³/mol. The van der Waals surface area contributed by atoms with E-state index in [0.717, 1.165) is 6.42 Å². The van der Waals surface area contributed by atoms with Crippen molar-refractivity contribution in [2.45, 2.75) is 20.3 Å². The molecule has 0 aliphatic rings. The van der Waals surface area contributed by atoms with Gasteiger partial charge < -0.3 is 15.3 Å². The first-order chi connectivity index (χ1) is 9.51. The van der Waals surface area contributed by atoms with Gasteiger partial charge in [0.15, 0.2) is 0 Å². The van der Waals surface area contributed by atoms with Gasteiger partial charge in [0.2, 0.25) is 0 Å². The number of hydrogen-bond donors (Lipinski definition) is 2. The Balaban J connectivity index is 2.99. The first-order valence-electron chi connectivity index (χ1n) is 6.51. The smallest absolute Gasteiger partial charge is 0.337 e. The molecule has 20 heavy (non-hydrogen) atoms. The van der Waals surface area contributed by atoms with Crippen LogP contribution in [0.1, 0.15) is 29.3 Å². The zero-order valence-electron chi connectivity index (χ0n) is 11.8. The normalized spacial score (nSPS) is 9.90. The van der Waals surface area contributed by atoms with Gasteiger partial charge >= 0.3 is 12.0 Å². The van der Waals surface area contributed by atoms with Gasteiger partial charge in [0.25, 0.3) is 0 Å². The molecule has 108 valence electrons. The van der Waals surface area contributed by atoms with Crippen molar-refractivity contribution < 1.29 is 14.7 Å². The summed E-state index contributed by atoms with van der Waals surface area (Å²) in [5, 5.41) is 11.9. The number of rotatable bonds is 6. The Bertz CT molecular complexity index is 512. The number of carbonyl (C=O) groups is 2. The summed E-state index contributed by atoms with van der Waals surface area (Å²) >= 11 is 0. The highest BCUT2D eigenvalue weighted by molar-refractivity contribution is 6.01. The van der Waals surface area contributed by atoms with Crippen LogP contribution in [0, 0.1) is 6.92 Å². The lowest BCUT2D eigenvalue weighted by Crippen LogP contribution is -2.36. The van der Waals surface area contributed by atoms with E-state index in [9.17, 15) is 9.59 Å². The molecule has 2 N–H and O–H groups in total. The second-order valence-electron chi connectivity index (χ2n) is 4.47. The molecule has 0 spiro atoms. The standard InChI is InChI=1S/C15H20N2O3/c1-4-9-17(10-5-2)15(20)16-13-11(3)7-6-8-12(13)14(18)19/h4,6-8H,1,5,9-10H2,2-3H3,(H,16,20)(H,18,19). The van der Waals surface area contributed by atoms with Crippen molar-refractivity contribution in [3.8, 4) is 0 Å². The minimum Gasteiger partial charge on any atom is -0.478 e. The Morgan fingerprint density at radius 3 is 2.70 bits per heavy atom. The van der Waals surface area contributed by atoms with Crippen molar-refractivity contribution in [2.75, 3.05) is 18.4 Å². The van der Waals surface area contributed by atoms with Crippen molar-refractivity contribution in [1.29, 1.82) is 0 Å². The lowest BCUT2D eigenvalue weighted by atomic mass is 10.1. The molecule has 5 nitrogen and oxygen atoms in total. The quantitative estimate of drug-likeness (QED) is 0.784. The molecule has 2 amide bonds. The number of hydrogen-bond acceptors (Lipinski definition) is 2. The molecule has 0 radical (unpaired) electrons. The molecule has 0 aliphatic carbocycles. The van der Waals surface area contributed by atoms with Crippen molar-refractivity contribution in [1.82, 2.24) is 4.90 Å². The van der Waals surface area contributed by atoms with Crippen LogP contribution in [0.4, 0.5) is 10.5 Å². The number of carboxylic acids is 1. The van der Waals surface area contributed by atoms with Crippen LogP contribution >= 0.6 is 0 Å². The number of carboxylic acid groups (broad SMARTS) is 1. The second-order valence-corrected chi connectivity index (χ2v) is 4.47. The van der Waals surface area contributed by atoms with Gasteiger partial charge in [-0.1, -0.05) is 25.1 Å². The van der Waals surface area contributed by atoms with E-state index >= 15 is 0 Å². The number of carbonyl (C=O) groups excluding carboxylic acids is 1. The average molecular weight is 276 g/mol. The number of aromatic carboxylic acids is 1. The van der Waals surface area contributed by atoms with Gasteiger partial charge in [-0.15, -0.1) is 6.58 Å². The monoisotopic (exact) mass is 276 g/mol. The molecule has 1 aromatic rings. The van der Waals surface area contributed by atoms with Gasteiger partial charge in [-0.25, -0.2) is 9.59 Å². The van der Waals surface area contributed by atoms with E-state index in [4.69, 9.17) is 5.11 Å². The average Bonchev–Trinajstić information content (AvgIpc) is 2.40. The molecular formula is C15H20N2O3. The third-order valence-corrected chi connectivity index (χ3v) is 2.87. The van der Waals surface area contributed by atoms with Gasteiger partial charge in [0.05, 0.1) is 11.3 Å². The van der Waals surface area contributed by atoms with Crippen LogP contribution in [0.15, 0.2) is 30.9 Å². The largest absolute Gasteiger partial charge is 0.478 e. The molecule has 0 unspecified atom stereocenters. The van der Waals surface area contributed by atoms with E-state index in [0.29, 0.717) is 24.3 Å². The molecule has 5 heteroatoms. The minimum atomic E-state index is -1.06. The molecule has 0 atom stereocenters. The van der Waals surface area contributed by atoms with Crippen LogP contribution in [-0.4, -0.2) is 35.1 Å². The van der Waals surface area contributed by atoms with Crippen LogP contribution in [0.2, 0.25) is 0 Å². The zero-order valence-corrected chi connectivity index (χ0v) is 11.8. The third-order valence-electron chi connectivity index (χ3n) is 2.87.